The van der Waals surface area contributed by atoms with Gasteiger partial charge in [-0.15, -0.1) is 0 Å². The van der Waals surface area contributed by atoms with E-state index in [-0.39, 0.29) is 31.8 Å². The van der Waals surface area contributed by atoms with E-state index < -0.39 is 74.3 Å². The van der Waals surface area contributed by atoms with Gasteiger partial charge in [0.1, 0.15) is 35.1 Å². The number of hydrogen-bond donors (Lipinski definition) is 3. The van der Waals surface area contributed by atoms with Crippen LogP contribution in [-0.2, 0) is 29.1 Å². The third-order valence-corrected chi connectivity index (χ3v) is 13.4. The zero-order valence-corrected chi connectivity index (χ0v) is 36.7. The number of rotatable bonds is 9. The molecular formula is C44H57N7O9S. The van der Waals surface area contributed by atoms with Crippen molar-refractivity contribution < 1.29 is 41.8 Å². The molecule has 16 nitrogen and oxygen atoms in total. The predicted octanol–water partition coefficient (Wildman–Crippen LogP) is 3.98. The summed E-state index contributed by atoms with van der Waals surface area (Å²) >= 11 is 0. The number of carbonyl (C=O) groups is 4. The number of hydrogen-bond acceptors (Lipinski definition) is 12. The summed E-state index contributed by atoms with van der Waals surface area (Å²) in [5.41, 5.74) is 0.110. The number of anilines is 1. The van der Waals surface area contributed by atoms with Crippen molar-refractivity contribution in [1.82, 2.24) is 30.1 Å². The van der Waals surface area contributed by atoms with Gasteiger partial charge in [0, 0.05) is 49.6 Å². The largest absolute Gasteiger partial charge is 0.497 e. The maximum atomic E-state index is 14.8. The molecule has 4 aliphatic rings. The Morgan fingerprint density at radius 3 is 2.44 bits per heavy atom. The molecule has 2 aromatic carbocycles. The summed E-state index contributed by atoms with van der Waals surface area (Å²) < 4.78 is 46.0. The summed E-state index contributed by atoms with van der Waals surface area (Å²) in [5, 5.41) is 6.49. The number of methoxy groups -OCH3 is 1. The number of allylic oxidation sites excluding steroid dienone is 1. The van der Waals surface area contributed by atoms with Crippen LogP contribution in [0.2, 0.25) is 0 Å². The number of alkyl carbamates (subject to hydrolysis) is 1. The lowest BCUT2D eigenvalue weighted by Gasteiger charge is -2.32. The number of likely N-dealkylation sites (N-methyl/N-ethyl adjacent to an activating group) is 1. The Balaban J connectivity index is 1.25. The zero-order valence-electron chi connectivity index (χ0n) is 35.9. The number of carbonyl (C=O) groups excluding carboxylic acids is 4. The molecule has 3 N–H and O–H groups in total. The Labute approximate surface area is 357 Å². The van der Waals surface area contributed by atoms with Gasteiger partial charge in [-0.3, -0.25) is 19.1 Å². The van der Waals surface area contributed by atoms with E-state index in [1.54, 1.807) is 33.9 Å². The van der Waals surface area contributed by atoms with Gasteiger partial charge < -0.3 is 39.5 Å². The maximum absolute atomic E-state index is 14.8. The van der Waals surface area contributed by atoms with Gasteiger partial charge in [-0.25, -0.2) is 18.2 Å². The van der Waals surface area contributed by atoms with Crippen LogP contribution in [0.4, 0.5) is 10.5 Å². The molecule has 2 aliphatic heterocycles. The van der Waals surface area contributed by atoms with Crippen molar-refractivity contribution in [2.45, 2.75) is 93.9 Å². The number of nitrogens with one attached hydrogen (secondary N) is 3. The molecule has 0 bridgehead atoms. The van der Waals surface area contributed by atoms with Crippen LogP contribution in [-0.4, -0.2) is 129 Å². The average Bonchev–Trinajstić information content (AvgIpc) is 4.13. The molecule has 4 amide bonds. The summed E-state index contributed by atoms with van der Waals surface area (Å²) in [7, 11) is 3.44. The average molecular weight is 860 g/mol. The number of amides is 4. The smallest absolute Gasteiger partial charge is 0.408 e. The molecule has 3 aromatic rings. The number of sulfonamides is 1. The summed E-state index contributed by atoms with van der Waals surface area (Å²) in [6.07, 6.45) is 4.68. The van der Waals surface area contributed by atoms with E-state index >= 15 is 0 Å². The molecule has 2 saturated carbocycles. The minimum Gasteiger partial charge on any atom is -0.497 e. The highest BCUT2D eigenvalue weighted by molar-refractivity contribution is 7.91. The second-order valence-electron chi connectivity index (χ2n) is 17.8. The molecule has 0 radical (unpaired) electrons. The second kappa shape index (κ2) is 17.2. The Morgan fingerprint density at radius 1 is 1.03 bits per heavy atom. The zero-order chi connectivity index (χ0) is 43.9. The van der Waals surface area contributed by atoms with E-state index in [0.29, 0.717) is 49.1 Å². The first-order chi connectivity index (χ1) is 28.9. The number of pyridine rings is 1. The highest BCUT2D eigenvalue weighted by Crippen LogP contribution is 2.46. The van der Waals surface area contributed by atoms with Crippen LogP contribution < -0.4 is 29.7 Å². The molecule has 61 heavy (non-hydrogen) atoms. The molecule has 2 aliphatic carbocycles. The van der Waals surface area contributed by atoms with Crippen LogP contribution in [0.3, 0.4) is 0 Å². The first kappa shape index (κ1) is 43.7. The molecule has 5 atom stereocenters. The van der Waals surface area contributed by atoms with Gasteiger partial charge >= 0.3 is 6.09 Å². The number of benzene rings is 2. The Kier molecular flexibility index (Phi) is 12.3. The van der Waals surface area contributed by atoms with Gasteiger partial charge in [-0.2, -0.15) is 0 Å². The lowest BCUT2D eigenvalue weighted by molar-refractivity contribution is -0.141. The predicted molar refractivity (Wildman–Crippen MR) is 231 cm³/mol. The van der Waals surface area contributed by atoms with Crippen molar-refractivity contribution in [3.8, 4) is 22.9 Å². The molecule has 1 aromatic heterocycles. The van der Waals surface area contributed by atoms with Crippen LogP contribution in [0, 0.1) is 5.92 Å². The van der Waals surface area contributed by atoms with E-state index in [9.17, 15) is 27.6 Å². The fraction of sp³-hybridized carbons (Fsp3) is 0.523. The van der Waals surface area contributed by atoms with Crippen molar-refractivity contribution in [3.05, 3.63) is 60.7 Å². The third kappa shape index (κ3) is 10.0. The van der Waals surface area contributed by atoms with Crippen molar-refractivity contribution in [1.29, 1.82) is 0 Å². The van der Waals surface area contributed by atoms with Crippen LogP contribution in [0.15, 0.2) is 60.7 Å². The monoisotopic (exact) mass is 859 g/mol. The molecule has 2 unspecified atom stereocenters. The van der Waals surface area contributed by atoms with Gasteiger partial charge in [-0.1, -0.05) is 24.3 Å². The van der Waals surface area contributed by atoms with Crippen LogP contribution in [0.25, 0.3) is 22.0 Å². The van der Waals surface area contributed by atoms with Crippen molar-refractivity contribution in [2.75, 3.05) is 52.8 Å². The maximum Gasteiger partial charge on any atom is 0.408 e. The van der Waals surface area contributed by atoms with Crippen LogP contribution >= 0.6 is 0 Å². The Bertz CT molecular complexity index is 2310. The molecule has 328 valence electrons. The fourth-order valence-corrected chi connectivity index (χ4v) is 9.34. The second-order valence-corrected chi connectivity index (χ2v) is 19.8. The topological polar surface area (TPSA) is 189 Å². The SMILES string of the molecule is COc1ccc2c(OC3C[C@H]4C(=O)N[C@]5(C(=O)NS(=O)(=O)C6CC6)CC5C=CCCCN(C)C[C@H](NC(=O)OC(C)(C)C)C(=O)N4C3)nc(-c3ccc(N(C)C)cc3)cc2c1. The molecule has 3 fully saturated rings. The van der Waals surface area contributed by atoms with E-state index in [0.717, 1.165) is 16.6 Å². The van der Waals surface area contributed by atoms with Crippen molar-refractivity contribution in [3.63, 3.8) is 0 Å². The van der Waals surface area contributed by atoms with E-state index in [1.165, 1.54) is 4.90 Å². The lowest BCUT2D eigenvalue weighted by Crippen LogP contribution is -2.59. The molecule has 0 spiro atoms. The van der Waals surface area contributed by atoms with Gasteiger partial charge in [0.05, 0.1) is 24.6 Å². The highest BCUT2D eigenvalue weighted by atomic mass is 32.2. The first-order valence-electron chi connectivity index (χ1n) is 20.8. The number of nitrogens with zero attached hydrogens (tertiary/aromatic N) is 4. The summed E-state index contributed by atoms with van der Waals surface area (Å²) in [6.45, 7) is 5.80. The van der Waals surface area contributed by atoms with Crippen molar-refractivity contribution in [2.24, 2.45) is 5.92 Å². The Hall–Kier alpha value is -5.42. The Morgan fingerprint density at radius 2 is 1.77 bits per heavy atom. The summed E-state index contributed by atoms with van der Waals surface area (Å²) in [4.78, 5) is 66.8. The van der Waals surface area contributed by atoms with Gasteiger partial charge in [0.15, 0.2) is 0 Å². The molecule has 17 heteroatoms. The fourth-order valence-electron chi connectivity index (χ4n) is 7.98. The van der Waals surface area contributed by atoms with Gasteiger partial charge in [0.2, 0.25) is 27.7 Å². The third-order valence-electron chi connectivity index (χ3n) is 11.5. The number of ether oxygens (including phenoxy) is 3. The molecule has 1 saturated heterocycles. The molecule has 3 heterocycles. The summed E-state index contributed by atoms with van der Waals surface area (Å²) in [6, 6.07) is 13.1. The highest BCUT2D eigenvalue weighted by Gasteiger charge is 2.62. The van der Waals surface area contributed by atoms with Gasteiger partial charge in [0.25, 0.3) is 5.91 Å². The number of fused-ring (bicyclic) bond motifs is 3. The van der Waals surface area contributed by atoms with E-state index in [1.807, 2.05) is 85.6 Å². The first-order valence-corrected chi connectivity index (χ1v) is 22.4. The minimum absolute atomic E-state index is 0.00619. The van der Waals surface area contributed by atoms with E-state index in [2.05, 4.69) is 15.4 Å². The van der Waals surface area contributed by atoms with Crippen LogP contribution in [0.1, 0.15) is 59.3 Å². The van der Waals surface area contributed by atoms with Crippen LogP contribution in [0.5, 0.6) is 11.6 Å². The lowest BCUT2D eigenvalue weighted by atomic mass is 10.1. The number of aromatic nitrogens is 1. The van der Waals surface area contributed by atoms with Gasteiger partial charge in [-0.05, 0) is 108 Å². The minimum atomic E-state index is -3.92. The normalized spacial score (nSPS) is 25.0. The van der Waals surface area contributed by atoms with E-state index in [4.69, 9.17) is 19.2 Å². The molecular weight excluding hydrogens is 803 g/mol. The standard InChI is InChI=1S/C44H57N7O9S/c1-43(2,3)60-42(55)46-36-26-50(6)20-10-8-9-11-29-24-44(29,41(54)48-61(56,57)33-17-18-33)47-38(52)37-23-32(25-51(37)40(36)53)59-39-34-19-16-31(58-7)21-28(34)22-35(45-39)27-12-14-30(15-13-27)49(4)5/h9,11-16,19,21-22,29,32-33,36-37H,8,10,17-18,20,23-26H2,1-7H3,(H,46,55)(H,47,52)(H,48,54)/t29?,32?,36-,37-,44+/m0/s1. The quantitative estimate of drug-likeness (QED) is 0.263. The molecule has 7 rings (SSSR count). The van der Waals surface area contributed by atoms with Crippen molar-refractivity contribution >= 4 is 50.3 Å². The summed E-state index contributed by atoms with van der Waals surface area (Å²) in [5.74, 6) is -1.54.